The fourth-order valence-corrected chi connectivity index (χ4v) is 4.97. The summed E-state index contributed by atoms with van der Waals surface area (Å²) in [5, 5.41) is 15.9. The molecular formula is C25H28F3N7O. The Hall–Kier alpha value is -3.39. The van der Waals surface area contributed by atoms with Crippen LogP contribution >= 0.6 is 0 Å². The number of fused-ring (bicyclic) bond motifs is 1. The maximum atomic E-state index is 13.3. The molecule has 5 rings (SSSR count). The average Bonchev–Trinajstić information content (AvgIpc) is 3.21. The lowest BCUT2D eigenvalue weighted by molar-refractivity contribution is -0.137. The summed E-state index contributed by atoms with van der Waals surface area (Å²) < 4.78 is 47.3. The molecule has 3 heterocycles. The highest BCUT2D eigenvalue weighted by atomic mass is 19.4. The van der Waals surface area contributed by atoms with Gasteiger partial charge in [0.2, 0.25) is 11.9 Å². The van der Waals surface area contributed by atoms with Gasteiger partial charge in [0.15, 0.2) is 5.65 Å². The zero-order chi connectivity index (χ0) is 25.3. The van der Waals surface area contributed by atoms with Crippen LogP contribution in [-0.4, -0.2) is 38.3 Å². The van der Waals surface area contributed by atoms with E-state index in [1.807, 2.05) is 4.57 Å². The Morgan fingerprint density at radius 2 is 1.89 bits per heavy atom. The molecule has 0 radical (unpaired) electrons. The third-order valence-electron chi connectivity index (χ3n) is 7.13. The predicted octanol–water partition coefficient (Wildman–Crippen LogP) is 5.82. The van der Waals surface area contributed by atoms with Gasteiger partial charge in [0.25, 0.3) is 0 Å². The molecule has 1 saturated heterocycles. The number of hydrogen-bond acceptors (Lipinski definition) is 7. The number of nitrogens with zero attached hydrogens (tertiary/aromatic N) is 5. The standard InChI is InChI=1S/C25H28F3N7O/c1-24(9-11-36-12-10-24)34-22-30-15-20-21(33-22)35(19-7-5-16(14-29)6-8-19)23(32-20)31-18-4-2-3-17(13-18)25(26,27)28/h2-4,13,15-16,19H,5-12H2,1H3,(H,31,32)(H,30,33,34). The summed E-state index contributed by atoms with van der Waals surface area (Å²) in [4.78, 5) is 13.9. The van der Waals surface area contributed by atoms with Gasteiger partial charge in [-0.3, -0.25) is 4.57 Å². The molecule has 2 N–H and O–H groups in total. The normalized spacial score (nSPS) is 22.2. The molecule has 2 aromatic heterocycles. The lowest BCUT2D eigenvalue weighted by Crippen LogP contribution is -2.41. The second-order valence-corrected chi connectivity index (χ2v) is 9.84. The Morgan fingerprint density at radius 1 is 1.14 bits per heavy atom. The van der Waals surface area contributed by atoms with Gasteiger partial charge in [-0.2, -0.15) is 23.4 Å². The van der Waals surface area contributed by atoms with Gasteiger partial charge in [0.1, 0.15) is 5.52 Å². The topological polar surface area (TPSA) is 101 Å². The third kappa shape index (κ3) is 5.09. The van der Waals surface area contributed by atoms with Crippen LogP contribution in [0.5, 0.6) is 0 Å². The smallest absolute Gasteiger partial charge is 0.381 e. The van der Waals surface area contributed by atoms with Crippen LogP contribution in [0.3, 0.4) is 0 Å². The second-order valence-electron chi connectivity index (χ2n) is 9.84. The fraction of sp³-hybridized carbons (Fsp3) is 0.520. The maximum absolute atomic E-state index is 13.3. The van der Waals surface area contributed by atoms with Crippen molar-refractivity contribution in [1.29, 1.82) is 5.26 Å². The van der Waals surface area contributed by atoms with Crippen molar-refractivity contribution in [2.45, 2.75) is 63.2 Å². The van der Waals surface area contributed by atoms with E-state index < -0.39 is 11.7 Å². The first-order chi connectivity index (χ1) is 17.2. The largest absolute Gasteiger partial charge is 0.416 e. The van der Waals surface area contributed by atoms with Crippen molar-refractivity contribution in [3.05, 3.63) is 36.0 Å². The zero-order valence-corrected chi connectivity index (χ0v) is 20.0. The Kier molecular flexibility index (Phi) is 6.47. The minimum Gasteiger partial charge on any atom is -0.381 e. The number of anilines is 3. The van der Waals surface area contributed by atoms with Crippen molar-refractivity contribution in [1.82, 2.24) is 19.5 Å². The minimum absolute atomic E-state index is 0.00863. The van der Waals surface area contributed by atoms with Crippen LogP contribution in [0.4, 0.5) is 30.8 Å². The monoisotopic (exact) mass is 499 g/mol. The van der Waals surface area contributed by atoms with Crippen LogP contribution in [0.2, 0.25) is 0 Å². The van der Waals surface area contributed by atoms with Crippen molar-refractivity contribution < 1.29 is 17.9 Å². The SMILES string of the molecule is CC1(Nc2ncc3nc(Nc4cccc(C(F)(F)F)c4)n(C4CCC(C#N)CC4)c3n2)CCOCC1. The average molecular weight is 500 g/mol. The summed E-state index contributed by atoms with van der Waals surface area (Å²) in [5.74, 6) is 0.897. The molecule has 36 heavy (non-hydrogen) atoms. The third-order valence-corrected chi connectivity index (χ3v) is 7.13. The molecule has 0 amide bonds. The first-order valence-electron chi connectivity index (χ1n) is 12.2. The Morgan fingerprint density at radius 3 is 2.58 bits per heavy atom. The fourth-order valence-electron chi connectivity index (χ4n) is 4.97. The van der Waals surface area contributed by atoms with Gasteiger partial charge < -0.3 is 15.4 Å². The highest BCUT2D eigenvalue weighted by Crippen LogP contribution is 2.38. The van der Waals surface area contributed by atoms with Crippen LogP contribution in [0.1, 0.15) is 57.1 Å². The summed E-state index contributed by atoms with van der Waals surface area (Å²) in [5.41, 5.74) is 0.516. The number of ether oxygens (including phenoxy) is 1. The number of nitrogens with one attached hydrogen (secondary N) is 2. The molecule has 1 aliphatic heterocycles. The molecule has 1 saturated carbocycles. The summed E-state index contributed by atoms with van der Waals surface area (Å²) in [6, 6.07) is 7.41. The number of aromatic nitrogens is 4. The number of rotatable bonds is 5. The van der Waals surface area contributed by atoms with Crippen LogP contribution in [0.25, 0.3) is 11.2 Å². The van der Waals surface area contributed by atoms with E-state index in [4.69, 9.17) is 9.72 Å². The van der Waals surface area contributed by atoms with Crippen LogP contribution in [0, 0.1) is 17.2 Å². The molecule has 0 atom stereocenters. The number of benzene rings is 1. The van der Waals surface area contributed by atoms with E-state index in [1.165, 1.54) is 6.07 Å². The summed E-state index contributed by atoms with van der Waals surface area (Å²) in [6.45, 7) is 3.44. The molecule has 1 aromatic carbocycles. The summed E-state index contributed by atoms with van der Waals surface area (Å²) in [6.07, 6.45) is 1.85. The quantitative estimate of drug-likeness (QED) is 0.456. The van der Waals surface area contributed by atoms with E-state index in [1.54, 1.807) is 12.3 Å². The molecule has 0 spiro atoms. The van der Waals surface area contributed by atoms with E-state index in [9.17, 15) is 18.4 Å². The van der Waals surface area contributed by atoms with Gasteiger partial charge in [0, 0.05) is 36.4 Å². The van der Waals surface area contributed by atoms with Crippen molar-refractivity contribution in [3.8, 4) is 6.07 Å². The number of hydrogen-bond donors (Lipinski definition) is 2. The number of alkyl halides is 3. The van der Waals surface area contributed by atoms with Gasteiger partial charge in [-0.1, -0.05) is 6.07 Å². The van der Waals surface area contributed by atoms with Crippen molar-refractivity contribution in [2.75, 3.05) is 23.8 Å². The molecular weight excluding hydrogens is 471 g/mol. The van der Waals surface area contributed by atoms with Crippen molar-refractivity contribution in [2.24, 2.45) is 5.92 Å². The Labute approximate surface area is 206 Å². The second kappa shape index (κ2) is 9.58. The predicted molar refractivity (Wildman–Crippen MR) is 129 cm³/mol. The highest BCUT2D eigenvalue weighted by Gasteiger charge is 2.32. The lowest BCUT2D eigenvalue weighted by atomic mass is 9.87. The minimum atomic E-state index is -4.44. The molecule has 3 aromatic rings. The summed E-state index contributed by atoms with van der Waals surface area (Å²) >= 11 is 0. The van der Waals surface area contributed by atoms with Crippen molar-refractivity contribution in [3.63, 3.8) is 0 Å². The molecule has 0 unspecified atom stereocenters. The van der Waals surface area contributed by atoms with Crippen molar-refractivity contribution >= 4 is 28.7 Å². The summed E-state index contributed by atoms with van der Waals surface area (Å²) in [7, 11) is 0. The zero-order valence-electron chi connectivity index (χ0n) is 20.0. The number of halogens is 3. The van der Waals surface area contributed by atoms with Crippen LogP contribution in [-0.2, 0) is 10.9 Å². The lowest BCUT2D eigenvalue weighted by Gasteiger charge is -2.34. The Bertz CT molecular complexity index is 1270. The van der Waals surface area contributed by atoms with Gasteiger partial charge >= 0.3 is 6.18 Å². The molecule has 11 heteroatoms. The van der Waals surface area contributed by atoms with E-state index in [-0.39, 0.29) is 23.2 Å². The number of nitriles is 1. The first kappa shape index (κ1) is 24.3. The number of imidazole rings is 1. The van der Waals surface area contributed by atoms with E-state index in [0.717, 1.165) is 50.7 Å². The maximum Gasteiger partial charge on any atom is 0.416 e. The molecule has 0 bridgehead atoms. The van der Waals surface area contributed by atoms with E-state index in [0.29, 0.717) is 36.3 Å². The van der Waals surface area contributed by atoms with E-state index in [2.05, 4.69) is 33.6 Å². The van der Waals surface area contributed by atoms with Gasteiger partial charge in [-0.15, -0.1) is 0 Å². The van der Waals surface area contributed by atoms with Gasteiger partial charge in [0.05, 0.1) is 17.8 Å². The Balaban J connectivity index is 1.52. The van der Waals surface area contributed by atoms with Gasteiger partial charge in [-0.25, -0.2) is 9.97 Å². The molecule has 1 aliphatic carbocycles. The van der Waals surface area contributed by atoms with Gasteiger partial charge in [-0.05, 0) is 63.6 Å². The molecule has 190 valence electrons. The highest BCUT2D eigenvalue weighted by molar-refractivity contribution is 5.76. The first-order valence-corrected chi connectivity index (χ1v) is 12.2. The molecule has 2 fully saturated rings. The van der Waals surface area contributed by atoms with E-state index >= 15 is 0 Å². The van der Waals surface area contributed by atoms with Crippen LogP contribution in [0.15, 0.2) is 30.5 Å². The molecule has 8 nitrogen and oxygen atoms in total. The molecule has 2 aliphatic rings. The van der Waals surface area contributed by atoms with Crippen LogP contribution < -0.4 is 10.6 Å².